The lowest BCUT2D eigenvalue weighted by Gasteiger charge is -2.21. The number of likely N-dealkylation sites (tertiary alicyclic amines) is 1. The SMILES string of the molecule is CN(CC(=O)N1CCCC1)C(=O)Nc1ccc(CN)cc1. The summed E-state index contributed by atoms with van der Waals surface area (Å²) in [7, 11) is 1.62. The van der Waals surface area contributed by atoms with Gasteiger partial charge in [0.2, 0.25) is 5.91 Å². The number of nitrogens with zero attached hydrogens (tertiary/aromatic N) is 2. The molecule has 3 N–H and O–H groups in total. The molecule has 1 aliphatic heterocycles. The van der Waals surface area contributed by atoms with Gasteiger partial charge in [0.25, 0.3) is 0 Å². The van der Waals surface area contributed by atoms with Crippen molar-refractivity contribution in [3.8, 4) is 0 Å². The quantitative estimate of drug-likeness (QED) is 0.875. The molecule has 0 aliphatic carbocycles. The van der Waals surface area contributed by atoms with Crippen LogP contribution in [0.25, 0.3) is 0 Å². The Morgan fingerprint density at radius 1 is 1.24 bits per heavy atom. The molecule has 0 aromatic heterocycles. The summed E-state index contributed by atoms with van der Waals surface area (Å²) < 4.78 is 0. The fourth-order valence-electron chi connectivity index (χ4n) is 2.28. The van der Waals surface area contributed by atoms with Crippen molar-refractivity contribution in [1.29, 1.82) is 0 Å². The average Bonchev–Trinajstić information content (AvgIpc) is 3.02. The van der Waals surface area contributed by atoms with Crippen LogP contribution in [0.5, 0.6) is 0 Å². The van der Waals surface area contributed by atoms with Crippen LogP contribution in [0, 0.1) is 0 Å². The van der Waals surface area contributed by atoms with E-state index in [1.807, 2.05) is 12.1 Å². The molecule has 1 heterocycles. The van der Waals surface area contributed by atoms with Crippen molar-refractivity contribution in [2.75, 3.05) is 32.0 Å². The molecule has 0 radical (unpaired) electrons. The first kappa shape index (κ1) is 15.3. The summed E-state index contributed by atoms with van der Waals surface area (Å²) in [4.78, 5) is 27.2. The summed E-state index contributed by atoms with van der Waals surface area (Å²) in [6.45, 7) is 2.18. The summed E-state index contributed by atoms with van der Waals surface area (Å²) in [5.74, 6) is 0.00336. The number of hydrogen-bond donors (Lipinski definition) is 2. The first-order valence-corrected chi connectivity index (χ1v) is 7.19. The summed E-state index contributed by atoms with van der Waals surface area (Å²) in [5.41, 5.74) is 7.22. The Morgan fingerprint density at radius 3 is 2.43 bits per heavy atom. The zero-order valence-electron chi connectivity index (χ0n) is 12.3. The number of urea groups is 1. The van der Waals surface area contributed by atoms with Gasteiger partial charge < -0.3 is 20.9 Å². The van der Waals surface area contributed by atoms with Crippen LogP contribution in [0.1, 0.15) is 18.4 Å². The number of nitrogens with one attached hydrogen (secondary N) is 1. The number of carbonyl (C=O) groups excluding carboxylic acids is 2. The van der Waals surface area contributed by atoms with Gasteiger partial charge in [-0.05, 0) is 30.5 Å². The molecule has 114 valence electrons. The maximum absolute atomic E-state index is 12.0. The number of amides is 3. The smallest absolute Gasteiger partial charge is 0.322 e. The zero-order chi connectivity index (χ0) is 15.2. The van der Waals surface area contributed by atoms with E-state index < -0.39 is 0 Å². The van der Waals surface area contributed by atoms with E-state index in [2.05, 4.69) is 5.32 Å². The predicted molar refractivity (Wildman–Crippen MR) is 81.8 cm³/mol. The highest BCUT2D eigenvalue weighted by atomic mass is 16.2. The second-order valence-corrected chi connectivity index (χ2v) is 5.28. The fourth-order valence-corrected chi connectivity index (χ4v) is 2.28. The standard InChI is InChI=1S/C15H22N4O2/c1-18(11-14(20)19-8-2-3-9-19)15(21)17-13-6-4-12(10-16)5-7-13/h4-7H,2-3,8-11,16H2,1H3,(H,17,21). The number of nitrogens with two attached hydrogens (primary N) is 1. The van der Waals surface area contributed by atoms with Crippen molar-refractivity contribution >= 4 is 17.6 Å². The molecule has 0 unspecified atom stereocenters. The minimum atomic E-state index is -0.289. The Kier molecular flexibility index (Phi) is 5.16. The van der Waals surface area contributed by atoms with Crippen LogP contribution in [-0.4, -0.2) is 48.4 Å². The molecule has 1 saturated heterocycles. The Hall–Kier alpha value is -2.08. The molecule has 6 heteroatoms. The third-order valence-electron chi connectivity index (χ3n) is 3.62. The summed E-state index contributed by atoms with van der Waals surface area (Å²) in [5, 5.41) is 2.76. The second kappa shape index (κ2) is 7.08. The topological polar surface area (TPSA) is 78.7 Å². The molecule has 2 rings (SSSR count). The van der Waals surface area contributed by atoms with Gasteiger partial charge in [-0.25, -0.2) is 4.79 Å². The van der Waals surface area contributed by atoms with Crippen LogP contribution in [0.4, 0.5) is 10.5 Å². The Labute approximate surface area is 124 Å². The number of carbonyl (C=O) groups is 2. The Balaban J connectivity index is 1.85. The highest BCUT2D eigenvalue weighted by molar-refractivity contribution is 5.92. The molecular formula is C15H22N4O2. The van der Waals surface area contributed by atoms with Crippen molar-refractivity contribution < 1.29 is 9.59 Å². The minimum absolute atomic E-state index is 0.00336. The maximum Gasteiger partial charge on any atom is 0.322 e. The minimum Gasteiger partial charge on any atom is -0.341 e. The van der Waals surface area contributed by atoms with Crippen molar-refractivity contribution in [3.05, 3.63) is 29.8 Å². The van der Waals surface area contributed by atoms with E-state index in [1.165, 1.54) is 4.90 Å². The van der Waals surface area contributed by atoms with Gasteiger partial charge >= 0.3 is 6.03 Å². The van der Waals surface area contributed by atoms with Crippen LogP contribution >= 0.6 is 0 Å². The Morgan fingerprint density at radius 2 is 1.86 bits per heavy atom. The molecule has 1 fully saturated rings. The van der Waals surface area contributed by atoms with Gasteiger partial charge in [0.15, 0.2) is 0 Å². The number of hydrogen-bond acceptors (Lipinski definition) is 3. The zero-order valence-corrected chi connectivity index (χ0v) is 12.3. The fraction of sp³-hybridized carbons (Fsp3) is 0.467. The number of benzene rings is 1. The van der Waals surface area contributed by atoms with Gasteiger partial charge in [-0.2, -0.15) is 0 Å². The summed E-state index contributed by atoms with van der Waals surface area (Å²) in [6.07, 6.45) is 2.10. The molecule has 0 bridgehead atoms. The van der Waals surface area contributed by atoms with Crippen molar-refractivity contribution in [2.24, 2.45) is 5.73 Å². The lowest BCUT2D eigenvalue weighted by molar-refractivity contribution is -0.130. The van der Waals surface area contributed by atoms with E-state index in [0.717, 1.165) is 31.5 Å². The number of likely N-dealkylation sites (N-methyl/N-ethyl adjacent to an activating group) is 1. The van der Waals surface area contributed by atoms with Crippen LogP contribution in [-0.2, 0) is 11.3 Å². The molecule has 0 atom stereocenters. The van der Waals surface area contributed by atoms with Crippen molar-refractivity contribution in [3.63, 3.8) is 0 Å². The molecule has 1 aromatic rings. The normalized spacial score (nSPS) is 14.1. The Bertz CT molecular complexity index is 495. The van der Waals surface area contributed by atoms with E-state index in [9.17, 15) is 9.59 Å². The van der Waals surface area contributed by atoms with Gasteiger partial charge in [0.1, 0.15) is 6.54 Å². The molecule has 1 aliphatic rings. The van der Waals surface area contributed by atoms with Crippen LogP contribution in [0.3, 0.4) is 0 Å². The lowest BCUT2D eigenvalue weighted by Crippen LogP contribution is -2.41. The van der Waals surface area contributed by atoms with E-state index in [4.69, 9.17) is 5.73 Å². The molecule has 21 heavy (non-hydrogen) atoms. The maximum atomic E-state index is 12.0. The van der Waals surface area contributed by atoms with Crippen LogP contribution in [0.2, 0.25) is 0 Å². The van der Waals surface area contributed by atoms with E-state index >= 15 is 0 Å². The third-order valence-corrected chi connectivity index (χ3v) is 3.62. The van der Waals surface area contributed by atoms with Gasteiger partial charge in [-0.3, -0.25) is 4.79 Å². The molecular weight excluding hydrogens is 268 g/mol. The largest absolute Gasteiger partial charge is 0.341 e. The summed E-state index contributed by atoms with van der Waals surface area (Å²) >= 11 is 0. The number of rotatable bonds is 4. The molecule has 0 saturated carbocycles. The molecule has 1 aromatic carbocycles. The third kappa shape index (κ3) is 4.19. The first-order chi connectivity index (χ1) is 10.1. The van der Waals surface area contributed by atoms with Gasteiger partial charge in [-0.15, -0.1) is 0 Å². The molecule has 0 spiro atoms. The summed E-state index contributed by atoms with van der Waals surface area (Å²) in [6, 6.07) is 7.05. The predicted octanol–water partition coefficient (Wildman–Crippen LogP) is 1.23. The highest BCUT2D eigenvalue weighted by Crippen LogP contribution is 2.11. The van der Waals surface area contributed by atoms with Crippen LogP contribution in [0.15, 0.2) is 24.3 Å². The second-order valence-electron chi connectivity index (χ2n) is 5.28. The van der Waals surface area contributed by atoms with Crippen molar-refractivity contribution in [1.82, 2.24) is 9.80 Å². The average molecular weight is 290 g/mol. The first-order valence-electron chi connectivity index (χ1n) is 7.19. The van der Waals surface area contributed by atoms with E-state index in [0.29, 0.717) is 12.2 Å². The molecule has 3 amide bonds. The van der Waals surface area contributed by atoms with E-state index in [-0.39, 0.29) is 18.5 Å². The van der Waals surface area contributed by atoms with Gasteiger partial charge in [-0.1, -0.05) is 12.1 Å². The highest BCUT2D eigenvalue weighted by Gasteiger charge is 2.21. The van der Waals surface area contributed by atoms with Crippen molar-refractivity contribution in [2.45, 2.75) is 19.4 Å². The van der Waals surface area contributed by atoms with E-state index in [1.54, 1.807) is 24.1 Å². The lowest BCUT2D eigenvalue weighted by atomic mass is 10.2. The monoisotopic (exact) mass is 290 g/mol. The van der Waals surface area contributed by atoms with Crippen LogP contribution < -0.4 is 11.1 Å². The van der Waals surface area contributed by atoms with Gasteiger partial charge in [0, 0.05) is 32.4 Å². The number of anilines is 1. The molecule has 6 nitrogen and oxygen atoms in total. The van der Waals surface area contributed by atoms with Gasteiger partial charge in [0.05, 0.1) is 0 Å².